The highest BCUT2D eigenvalue weighted by molar-refractivity contribution is 5.88. The molecule has 0 unspecified atom stereocenters. The van der Waals surface area contributed by atoms with Crippen LogP contribution in [0.1, 0.15) is 34.1 Å². The molecule has 0 fully saturated rings. The Morgan fingerprint density at radius 3 is 2.43 bits per heavy atom. The first-order valence-electron chi connectivity index (χ1n) is 4.71. The lowest BCUT2D eigenvalue weighted by molar-refractivity contribution is -0.138. The van der Waals surface area contributed by atoms with E-state index in [1.807, 2.05) is 20.8 Å². The molecule has 0 atom stereocenters. The molecule has 0 aromatic carbocycles. The molecule has 0 heterocycles. The summed E-state index contributed by atoms with van der Waals surface area (Å²) in [5.74, 6) is 5.59. The average molecular weight is 194 g/mol. The highest BCUT2D eigenvalue weighted by Crippen LogP contribution is 2.10. The standard InChI is InChI=1S/C12H18O2/c1-6-14-11(13)10(2)8-7-9-12(3,4)5/h2,6,8H2,1,3-5H3. The minimum atomic E-state index is -0.351. The van der Waals surface area contributed by atoms with Crippen LogP contribution >= 0.6 is 0 Å². The number of carbonyl (C=O) groups is 1. The summed E-state index contributed by atoms with van der Waals surface area (Å²) in [4.78, 5) is 11.1. The van der Waals surface area contributed by atoms with Gasteiger partial charge in [0.15, 0.2) is 0 Å². The molecule has 2 nitrogen and oxygen atoms in total. The molecule has 0 radical (unpaired) electrons. The summed E-state index contributed by atoms with van der Waals surface area (Å²) in [6, 6.07) is 0. The third-order valence-corrected chi connectivity index (χ3v) is 1.33. The molecule has 0 saturated carbocycles. The van der Waals surface area contributed by atoms with Gasteiger partial charge >= 0.3 is 5.97 Å². The van der Waals surface area contributed by atoms with Gasteiger partial charge in [0, 0.05) is 17.4 Å². The van der Waals surface area contributed by atoms with Gasteiger partial charge in [-0.05, 0) is 27.7 Å². The summed E-state index contributed by atoms with van der Waals surface area (Å²) in [7, 11) is 0. The van der Waals surface area contributed by atoms with E-state index in [1.165, 1.54) is 0 Å². The third kappa shape index (κ3) is 6.30. The molecular formula is C12H18O2. The van der Waals surface area contributed by atoms with Gasteiger partial charge in [0.2, 0.25) is 0 Å². The van der Waals surface area contributed by atoms with Gasteiger partial charge in [-0.25, -0.2) is 4.79 Å². The lowest BCUT2D eigenvalue weighted by Crippen LogP contribution is -2.06. The summed E-state index contributed by atoms with van der Waals surface area (Å²) in [6.07, 6.45) is 0.385. The van der Waals surface area contributed by atoms with E-state index >= 15 is 0 Å². The van der Waals surface area contributed by atoms with Gasteiger partial charge in [0.1, 0.15) is 0 Å². The van der Waals surface area contributed by atoms with Crippen LogP contribution in [-0.2, 0) is 9.53 Å². The van der Waals surface area contributed by atoms with Crippen molar-refractivity contribution < 1.29 is 9.53 Å². The van der Waals surface area contributed by atoms with Crippen LogP contribution in [0.4, 0.5) is 0 Å². The Hall–Kier alpha value is -1.23. The number of esters is 1. The zero-order valence-corrected chi connectivity index (χ0v) is 9.44. The highest BCUT2D eigenvalue weighted by Gasteiger charge is 2.06. The molecule has 0 amide bonds. The topological polar surface area (TPSA) is 26.3 Å². The van der Waals surface area contributed by atoms with Crippen molar-refractivity contribution >= 4 is 5.97 Å². The summed E-state index contributed by atoms with van der Waals surface area (Å²) in [5, 5.41) is 0. The van der Waals surface area contributed by atoms with Crippen molar-refractivity contribution in [1.29, 1.82) is 0 Å². The number of ether oxygens (including phenoxy) is 1. The SMILES string of the molecule is C=C(CC#CC(C)(C)C)C(=O)OCC. The molecule has 0 aromatic rings. The van der Waals surface area contributed by atoms with E-state index in [0.29, 0.717) is 18.6 Å². The van der Waals surface area contributed by atoms with E-state index in [2.05, 4.69) is 18.4 Å². The maximum absolute atomic E-state index is 11.1. The first kappa shape index (κ1) is 12.8. The van der Waals surface area contributed by atoms with Crippen molar-refractivity contribution in [3.05, 3.63) is 12.2 Å². The van der Waals surface area contributed by atoms with Crippen LogP contribution in [0.3, 0.4) is 0 Å². The smallest absolute Gasteiger partial charge is 0.334 e. The van der Waals surface area contributed by atoms with Crippen LogP contribution in [0.25, 0.3) is 0 Å². The van der Waals surface area contributed by atoms with Crippen molar-refractivity contribution in [2.75, 3.05) is 6.61 Å². The minimum Gasteiger partial charge on any atom is -0.463 e. The zero-order valence-electron chi connectivity index (χ0n) is 9.44. The Morgan fingerprint density at radius 1 is 1.43 bits per heavy atom. The van der Waals surface area contributed by atoms with E-state index < -0.39 is 0 Å². The van der Waals surface area contributed by atoms with Crippen LogP contribution in [0, 0.1) is 17.3 Å². The Morgan fingerprint density at radius 2 is 2.00 bits per heavy atom. The Bertz CT molecular complexity index is 271. The second-order valence-electron chi connectivity index (χ2n) is 4.05. The fraction of sp³-hybridized carbons (Fsp3) is 0.583. The number of carbonyl (C=O) groups excluding carboxylic acids is 1. The van der Waals surface area contributed by atoms with Gasteiger partial charge in [-0.2, -0.15) is 0 Å². The van der Waals surface area contributed by atoms with Crippen LogP contribution < -0.4 is 0 Å². The van der Waals surface area contributed by atoms with Crippen molar-refractivity contribution in [3.8, 4) is 11.8 Å². The fourth-order valence-corrected chi connectivity index (χ4v) is 0.721. The van der Waals surface area contributed by atoms with Gasteiger partial charge in [-0.1, -0.05) is 18.4 Å². The maximum atomic E-state index is 11.1. The lowest BCUT2D eigenvalue weighted by Gasteiger charge is -2.07. The van der Waals surface area contributed by atoms with Gasteiger partial charge in [-0.3, -0.25) is 0 Å². The second-order valence-corrected chi connectivity index (χ2v) is 4.05. The average Bonchev–Trinajstić information content (AvgIpc) is 2.02. The molecule has 0 N–H and O–H groups in total. The Labute approximate surface area is 86.3 Å². The van der Waals surface area contributed by atoms with Crippen molar-refractivity contribution in [2.24, 2.45) is 5.41 Å². The summed E-state index contributed by atoms with van der Waals surface area (Å²) in [5.41, 5.74) is 0.387. The van der Waals surface area contributed by atoms with Crippen LogP contribution in [0.15, 0.2) is 12.2 Å². The van der Waals surface area contributed by atoms with E-state index in [-0.39, 0.29) is 11.4 Å². The molecule has 2 heteroatoms. The molecular weight excluding hydrogens is 176 g/mol. The van der Waals surface area contributed by atoms with Gasteiger partial charge in [-0.15, -0.1) is 0 Å². The molecule has 0 aliphatic rings. The minimum absolute atomic E-state index is 0.0328. The van der Waals surface area contributed by atoms with Gasteiger partial charge < -0.3 is 4.74 Å². The van der Waals surface area contributed by atoms with Gasteiger partial charge in [0.05, 0.1) is 6.61 Å². The lowest BCUT2D eigenvalue weighted by atomic mass is 9.97. The fourth-order valence-electron chi connectivity index (χ4n) is 0.721. The van der Waals surface area contributed by atoms with Crippen molar-refractivity contribution in [3.63, 3.8) is 0 Å². The van der Waals surface area contributed by atoms with Crippen molar-refractivity contribution in [2.45, 2.75) is 34.1 Å². The molecule has 0 aliphatic carbocycles. The number of hydrogen-bond acceptors (Lipinski definition) is 2. The molecule has 14 heavy (non-hydrogen) atoms. The summed E-state index contributed by atoms with van der Waals surface area (Å²) in [6.45, 7) is 11.8. The van der Waals surface area contributed by atoms with Crippen LogP contribution in [0.2, 0.25) is 0 Å². The second kappa shape index (κ2) is 5.49. The Kier molecular flexibility index (Phi) is 5.01. The van der Waals surface area contributed by atoms with Crippen molar-refractivity contribution in [1.82, 2.24) is 0 Å². The molecule has 0 aliphatic heterocycles. The molecule has 0 saturated heterocycles. The van der Waals surface area contributed by atoms with Crippen LogP contribution in [-0.4, -0.2) is 12.6 Å². The maximum Gasteiger partial charge on any atom is 0.334 e. The monoisotopic (exact) mass is 194 g/mol. The zero-order chi connectivity index (χ0) is 11.2. The normalized spacial score (nSPS) is 10.0. The predicted molar refractivity (Wildman–Crippen MR) is 57.6 cm³/mol. The van der Waals surface area contributed by atoms with Gasteiger partial charge in [0.25, 0.3) is 0 Å². The molecule has 0 rings (SSSR count). The molecule has 0 bridgehead atoms. The molecule has 78 valence electrons. The highest BCUT2D eigenvalue weighted by atomic mass is 16.5. The summed E-state index contributed by atoms with van der Waals surface area (Å²) < 4.78 is 4.78. The van der Waals surface area contributed by atoms with E-state index in [4.69, 9.17) is 4.74 Å². The van der Waals surface area contributed by atoms with Crippen LogP contribution in [0.5, 0.6) is 0 Å². The predicted octanol–water partition coefficient (Wildman–Crippen LogP) is 2.55. The molecule has 0 aromatic heterocycles. The molecule has 0 spiro atoms. The summed E-state index contributed by atoms with van der Waals surface area (Å²) >= 11 is 0. The Balaban J connectivity index is 4.07. The third-order valence-electron chi connectivity index (χ3n) is 1.33. The number of hydrogen-bond donors (Lipinski definition) is 0. The van der Waals surface area contributed by atoms with E-state index in [1.54, 1.807) is 6.92 Å². The first-order chi connectivity index (χ1) is 6.37. The first-order valence-corrected chi connectivity index (χ1v) is 4.71. The van der Waals surface area contributed by atoms with E-state index in [0.717, 1.165) is 0 Å². The number of rotatable bonds is 3. The largest absolute Gasteiger partial charge is 0.463 e. The van der Waals surface area contributed by atoms with E-state index in [9.17, 15) is 4.79 Å². The quantitative estimate of drug-likeness (QED) is 0.392.